The molecule has 0 aliphatic rings. The van der Waals surface area contributed by atoms with Crippen molar-refractivity contribution in [3.63, 3.8) is 0 Å². The summed E-state index contributed by atoms with van der Waals surface area (Å²) in [7, 11) is 1.64. The predicted molar refractivity (Wildman–Crippen MR) is 91.1 cm³/mol. The molecule has 0 aromatic heterocycles. The van der Waals surface area contributed by atoms with Gasteiger partial charge in [-0.25, -0.2) is 0 Å². The maximum atomic E-state index is 6.29. The van der Waals surface area contributed by atoms with Crippen LogP contribution in [0.1, 0.15) is 24.0 Å². The Kier molecular flexibility index (Phi) is 6.10. The van der Waals surface area contributed by atoms with Crippen LogP contribution in [0.15, 0.2) is 42.5 Å². The Hall–Kier alpha value is -1.71. The van der Waals surface area contributed by atoms with Crippen molar-refractivity contribution in [3.8, 4) is 11.5 Å². The number of halogens is 1. The van der Waals surface area contributed by atoms with Crippen molar-refractivity contribution < 1.29 is 9.47 Å². The van der Waals surface area contributed by atoms with Crippen LogP contribution in [-0.2, 0) is 6.42 Å². The van der Waals surface area contributed by atoms with Gasteiger partial charge in [-0.2, -0.15) is 0 Å². The van der Waals surface area contributed by atoms with E-state index in [0.717, 1.165) is 34.1 Å². The molecular formula is C18H22ClNO2. The fourth-order valence-corrected chi connectivity index (χ4v) is 2.82. The van der Waals surface area contributed by atoms with Gasteiger partial charge in [0.25, 0.3) is 0 Å². The molecule has 118 valence electrons. The molecule has 0 heterocycles. The average molecular weight is 320 g/mol. The van der Waals surface area contributed by atoms with Gasteiger partial charge in [-0.3, -0.25) is 0 Å². The summed E-state index contributed by atoms with van der Waals surface area (Å²) in [5.74, 6) is 1.68. The van der Waals surface area contributed by atoms with Crippen molar-refractivity contribution in [2.45, 2.75) is 19.3 Å². The molecule has 1 atom stereocenters. The molecule has 0 fully saturated rings. The molecule has 3 nitrogen and oxygen atoms in total. The van der Waals surface area contributed by atoms with E-state index in [0.29, 0.717) is 13.2 Å². The lowest BCUT2D eigenvalue weighted by Gasteiger charge is -2.18. The van der Waals surface area contributed by atoms with E-state index in [-0.39, 0.29) is 5.92 Å². The number of benzene rings is 2. The molecule has 0 bridgehead atoms. The first kappa shape index (κ1) is 16.7. The van der Waals surface area contributed by atoms with Gasteiger partial charge in [-0.05, 0) is 49.2 Å². The van der Waals surface area contributed by atoms with Crippen LogP contribution in [0.4, 0.5) is 0 Å². The third-order valence-electron chi connectivity index (χ3n) is 3.64. The van der Waals surface area contributed by atoms with Gasteiger partial charge in [-0.15, -0.1) is 0 Å². The van der Waals surface area contributed by atoms with Gasteiger partial charge >= 0.3 is 0 Å². The van der Waals surface area contributed by atoms with E-state index < -0.39 is 0 Å². The number of nitrogens with two attached hydrogens (primary N) is 1. The summed E-state index contributed by atoms with van der Waals surface area (Å²) in [6, 6.07) is 13.8. The van der Waals surface area contributed by atoms with E-state index >= 15 is 0 Å². The van der Waals surface area contributed by atoms with E-state index in [1.807, 2.05) is 49.4 Å². The minimum Gasteiger partial charge on any atom is -0.493 e. The molecule has 2 aromatic rings. The van der Waals surface area contributed by atoms with Crippen LogP contribution in [0.25, 0.3) is 0 Å². The standard InChI is InChI=1S/C18H22ClNO2/c1-3-22-18-11-13(8-9-17(18)21-2)10-14(12-20)15-6-4-5-7-16(15)19/h4-9,11,14H,3,10,12,20H2,1-2H3. The van der Waals surface area contributed by atoms with Gasteiger partial charge in [0.2, 0.25) is 0 Å². The van der Waals surface area contributed by atoms with Gasteiger partial charge in [0.1, 0.15) is 0 Å². The smallest absolute Gasteiger partial charge is 0.161 e. The minimum atomic E-state index is 0.177. The van der Waals surface area contributed by atoms with E-state index in [1.165, 1.54) is 0 Å². The molecular weight excluding hydrogens is 298 g/mol. The highest BCUT2D eigenvalue weighted by Gasteiger charge is 2.15. The zero-order valence-corrected chi connectivity index (χ0v) is 13.8. The first-order chi connectivity index (χ1) is 10.7. The molecule has 22 heavy (non-hydrogen) atoms. The molecule has 2 N–H and O–H groups in total. The molecule has 1 unspecified atom stereocenters. The lowest BCUT2D eigenvalue weighted by molar-refractivity contribution is 0.310. The van der Waals surface area contributed by atoms with Crippen LogP contribution in [0.5, 0.6) is 11.5 Å². The van der Waals surface area contributed by atoms with Crippen molar-refractivity contribution in [3.05, 3.63) is 58.6 Å². The minimum absolute atomic E-state index is 0.177. The summed E-state index contributed by atoms with van der Waals surface area (Å²) in [6.45, 7) is 3.10. The summed E-state index contributed by atoms with van der Waals surface area (Å²) in [4.78, 5) is 0. The van der Waals surface area contributed by atoms with E-state index in [9.17, 15) is 0 Å². The quantitative estimate of drug-likeness (QED) is 0.838. The van der Waals surface area contributed by atoms with E-state index in [4.69, 9.17) is 26.8 Å². The van der Waals surface area contributed by atoms with Crippen molar-refractivity contribution in [2.75, 3.05) is 20.3 Å². The molecule has 0 spiro atoms. The maximum Gasteiger partial charge on any atom is 0.161 e. The first-order valence-corrected chi connectivity index (χ1v) is 7.81. The van der Waals surface area contributed by atoms with Gasteiger partial charge < -0.3 is 15.2 Å². The molecule has 2 aromatic carbocycles. The highest BCUT2D eigenvalue weighted by molar-refractivity contribution is 6.31. The number of hydrogen-bond donors (Lipinski definition) is 1. The van der Waals surface area contributed by atoms with Gasteiger partial charge in [0.05, 0.1) is 13.7 Å². The largest absolute Gasteiger partial charge is 0.493 e. The Morgan fingerprint density at radius 2 is 1.91 bits per heavy atom. The summed E-state index contributed by atoms with van der Waals surface area (Å²) >= 11 is 6.29. The molecule has 0 aliphatic heterocycles. The Morgan fingerprint density at radius 1 is 1.14 bits per heavy atom. The van der Waals surface area contributed by atoms with Crippen LogP contribution in [0.3, 0.4) is 0 Å². The van der Waals surface area contributed by atoms with Crippen molar-refractivity contribution in [1.82, 2.24) is 0 Å². The number of ether oxygens (including phenoxy) is 2. The topological polar surface area (TPSA) is 44.5 Å². The Labute approximate surface area is 137 Å². The fourth-order valence-electron chi connectivity index (χ4n) is 2.53. The summed E-state index contributed by atoms with van der Waals surface area (Å²) in [5, 5.41) is 0.761. The summed E-state index contributed by atoms with van der Waals surface area (Å²) < 4.78 is 10.9. The maximum absolute atomic E-state index is 6.29. The zero-order valence-electron chi connectivity index (χ0n) is 13.0. The molecule has 0 aliphatic carbocycles. The van der Waals surface area contributed by atoms with Crippen LogP contribution in [0.2, 0.25) is 5.02 Å². The van der Waals surface area contributed by atoms with Crippen LogP contribution < -0.4 is 15.2 Å². The SMILES string of the molecule is CCOc1cc(CC(CN)c2ccccc2Cl)ccc1OC. The Balaban J connectivity index is 2.24. The lowest BCUT2D eigenvalue weighted by atomic mass is 9.92. The number of rotatable bonds is 7. The number of methoxy groups -OCH3 is 1. The van der Waals surface area contributed by atoms with Gasteiger partial charge in [-0.1, -0.05) is 35.9 Å². The van der Waals surface area contributed by atoms with E-state index in [2.05, 4.69) is 0 Å². The normalized spacial score (nSPS) is 12.0. The Morgan fingerprint density at radius 3 is 2.55 bits per heavy atom. The van der Waals surface area contributed by atoms with Crippen molar-refractivity contribution in [2.24, 2.45) is 5.73 Å². The summed E-state index contributed by atoms with van der Waals surface area (Å²) in [6.07, 6.45) is 0.810. The zero-order chi connectivity index (χ0) is 15.9. The molecule has 4 heteroatoms. The third kappa shape index (κ3) is 3.93. The predicted octanol–water partition coefficient (Wildman–Crippen LogP) is 4.03. The second-order valence-corrected chi connectivity index (χ2v) is 5.48. The van der Waals surface area contributed by atoms with Crippen LogP contribution >= 0.6 is 11.6 Å². The highest BCUT2D eigenvalue weighted by atomic mass is 35.5. The second-order valence-electron chi connectivity index (χ2n) is 5.08. The van der Waals surface area contributed by atoms with Crippen molar-refractivity contribution >= 4 is 11.6 Å². The molecule has 0 amide bonds. The monoisotopic (exact) mass is 319 g/mol. The third-order valence-corrected chi connectivity index (χ3v) is 3.98. The van der Waals surface area contributed by atoms with Gasteiger partial charge in [0.15, 0.2) is 11.5 Å². The first-order valence-electron chi connectivity index (χ1n) is 7.43. The van der Waals surface area contributed by atoms with Crippen molar-refractivity contribution in [1.29, 1.82) is 0 Å². The van der Waals surface area contributed by atoms with Gasteiger partial charge in [0, 0.05) is 10.9 Å². The number of hydrogen-bond acceptors (Lipinski definition) is 3. The fraction of sp³-hybridized carbons (Fsp3) is 0.333. The molecule has 0 saturated carbocycles. The summed E-state index contributed by atoms with van der Waals surface area (Å²) in [5.41, 5.74) is 8.20. The highest BCUT2D eigenvalue weighted by Crippen LogP contribution is 2.31. The van der Waals surface area contributed by atoms with Crippen LogP contribution in [0, 0.1) is 0 Å². The average Bonchev–Trinajstić information content (AvgIpc) is 2.54. The molecule has 0 radical (unpaired) electrons. The lowest BCUT2D eigenvalue weighted by Crippen LogP contribution is -2.15. The molecule has 0 saturated heterocycles. The Bertz CT molecular complexity index is 616. The second kappa shape index (κ2) is 8.06. The molecule has 2 rings (SSSR count). The van der Waals surface area contributed by atoms with E-state index in [1.54, 1.807) is 7.11 Å². The van der Waals surface area contributed by atoms with Crippen LogP contribution in [-0.4, -0.2) is 20.3 Å².